The minimum absolute atomic E-state index is 0.0849. The first kappa shape index (κ1) is 15.0. The summed E-state index contributed by atoms with van der Waals surface area (Å²) in [5.74, 6) is -0.720. The summed E-state index contributed by atoms with van der Waals surface area (Å²) in [6.45, 7) is 9.67. The largest absolute Gasteiger partial charge is 0.428 e. The molecule has 18 heavy (non-hydrogen) atoms. The van der Waals surface area contributed by atoms with Crippen LogP contribution in [0.1, 0.15) is 34.1 Å². The summed E-state index contributed by atoms with van der Waals surface area (Å²) in [5, 5.41) is 0. The van der Waals surface area contributed by atoms with Gasteiger partial charge in [-0.1, -0.05) is 6.92 Å². The predicted octanol–water partition coefficient (Wildman–Crippen LogP) is 1.42. The molecular formula is C13H23NO4. The molecule has 0 radical (unpaired) electrons. The van der Waals surface area contributed by atoms with Gasteiger partial charge >= 0.3 is 11.9 Å². The van der Waals surface area contributed by atoms with Crippen molar-refractivity contribution in [1.29, 1.82) is 0 Å². The monoisotopic (exact) mass is 257 g/mol. The van der Waals surface area contributed by atoms with Crippen LogP contribution in [-0.2, 0) is 19.1 Å². The average molecular weight is 257 g/mol. The third-order valence-electron chi connectivity index (χ3n) is 3.06. The minimum Gasteiger partial charge on any atom is -0.428 e. The molecule has 5 heteroatoms. The summed E-state index contributed by atoms with van der Waals surface area (Å²) in [6, 6.07) is 0. The van der Waals surface area contributed by atoms with Crippen molar-refractivity contribution < 1.29 is 19.1 Å². The van der Waals surface area contributed by atoms with Gasteiger partial charge in [-0.2, -0.15) is 0 Å². The summed E-state index contributed by atoms with van der Waals surface area (Å²) in [7, 11) is 0. The number of rotatable bonds is 4. The van der Waals surface area contributed by atoms with Crippen LogP contribution in [0.15, 0.2) is 0 Å². The number of hydrogen-bond donors (Lipinski definition) is 0. The maximum absolute atomic E-state index is 11.7. The van der Waals surface area contributed by atoms with Gasteiger partial charge in [0.25, 0.3) is 0 Å². The maximum atomic E-state index is 11.7. The number of esters is 2. The normalized spacial score (nSPS) is 20.8. The number of ether oxygens (including phenoxy) is 2. The second-order valence-electron chi connectivity index (χ2n) is 5.64. The Bertz CT molecular complexity index is 309. The highest BCUT2D eigenvalue weighted by Crippen LogP contribution is 2.18. The Balaban J connectivity index is 2.24. The van der Waals surface area contributed by atoms with Crippen LogP contribution in [0.2, 0.25) is 0 Å². The Kier molecular flexibility index (Phi) is 5.14. The van der Waals surface area contributed by atoms with Crippen LogP contribution in [0.25, 0.3) is 0 Å². The first-order valence-corrected chi connectivity index (χ1v) is 6.40. The summed E-state index contributed by atoms with van der Waals surface area (Å²) in [6.07, 6.45) is 0.819. The van der Waals surface area contributed by atoms with Crippen LogP contribution < -0.4 is 0 Å². The maximum Gasteiger partial charge on any atom is 0.314 e. The van der Waals surface area contributed by atoms with E-state index in [4.69, 9.17) is 9.47 Å². The molecule has 0 aliphatic carbocycles. The molecule has 1 aliphatic rings. The van der Waals surface area contributed by atoms with Crippen molar-refractivity contribution in [3.63, 3.8) is 0 Å². The Morgan fingerprint density at radius 2 is 1.94 bits per heavy atom. The van der Waals surface area contributed by atoms with Gasteiger partial charge in [0.1, 0.15) is 0 Å². The lowest BCUT2D eigenvalue weighted by atomic mass is 9.98. The Morgan fingerprint density at radius 3 is 2.44 bits per heavy atom. The van der Waals surface area contributed by atoms with E-state index < -0.39 is 5.41 Å². The molecule has 0 saturated carbocycles. The molecular weight excluding hydrogens is 234 g/mol. The highest BCUT2D eigenvalue weighted by atomic mass is 16.7. The number of carbonyl (C=O) groups excluding carboxylic acids is 2. The van der Waals surface area contributed by atoms with Crippen molar-refractivity contribution in [1.82, 2.24) is 4.90 Å². The van der Waals surface area contributed by atoms with E-state index >= 15 is 0 Å². The quantitative estimate of drug-likeness (QED) is 0.563. The van der Waals surface area contributed by atoms with Gasteiger partial charge in [0.2, 0.25) is 6.79 Å². The standard InChI is InChI=1S/C13H23NO4/c1-5-14-7-6-10(8-14)11(15)17-9-18-12(16)13(2,3)4/h10H,5-9H2,1-4H3/t10-/m1/s1. The van der Waals surface area contributed by atoms with Crippen molar-refractivity contribution in [2.24, 2.45) is 11.3 Å². The van der Waals surface area contributed by atoms with Crippen molar-refractivity contribution >= 4 is 11.9 Å². The first-order valence-electron chi connectivity index (χ1n) is 6.40. The fourth-order valence-electron chi connectivity index (χ4n) is 1.79. The van der Waals surface area contributed by atoms with Crippen LogP contribution in [0, 0.1) is 11.3 Å². The van der Waals surface area contributed by atoms with Crippen LogP contribution in [0.3, 0.4) is 0 Å². The van der Waals surface area contributed by atoms with E-state index in [1.165, 1.54) is 0 Å². The summed E-state index contributed by atoms with van der Waals surface area (Å²) in [4.78, 5) is 25.3. The fraction of sp³-hybridized carbons (Fsp3) is 0.846. The SMILES string of the molecule is CCN1CC[C@@H](C(=O)OCOC(=O)C(C)(C)C)C1. The zero-order valence-electron chi connectivity index (χ0n) is 11.7. The number of nitrogens with zero attached hydrogens (tertiary/aromatic N) is 1. The van der Waals surface area contributed by atoms with Gasteiger partial charge in [0.05, 0.1) is 11.3 Å². The molecule has 0 bridgehead atoms. The number of likely N-dealkylation sites (tertiary alicyclic amines) is 1. The third kappa shape index (κ3) is 4.29. The van der Waals surface area contributed by atoms with Crippen molar-refractivity contribution in [2.45, 2.75) is 34.1 Å². The molecule has 1 heterocycles. The molecule has 1 saturated heterocycles. The summed E-state index contributed by atoms with van der Waals surface area (Å²) >= 11 is 0. The van der Waals surface area contributed by atoms with Crippen molar-refractivity contribution in [3.05, 3.63) is 0 Å². The lowest BCUT2D eigenvalue weighted by Crippen LogP contribution is -2.27. The van der Waals surface area contributed by atoms with Gasteiger partial charge in [-0.3, -0.25) is 9.59 Å². The highest BCUT2D eigenvalue weighted by Gasteiger charge is 2.29. The molecule has 1 rings (SSSR count). The van der Waals surface area contributed by atoms with Gasteiger partial charge in [-0.25, -0.2) is 0 Å². The van der Waals surface area contributed by atoms with E-state index in [-0.39, 0.29) is 24.6 Å². The van der Waals surface area contributed by atoms with E-state index in [0.29, 0.717) is 0 Å². The van der Waals surface area contributed by atoms with E-state index in [2.05, 4.69) is 11.8 Å². The first-order chi connectivity index (χ1) is 8.34. The second-order valence-corrected chi connectivity index (χ2v) is 5.64. The molecule has 0 spiro atoms. The fourth-order valence-corrected chi connectivity index (χ4v) is 1.79. The lowest BCUT2D eigenvalue weighted by molar-refractivity contribution is -0.175. The summed E-state index contributed by atoms with van der Waals surface area (Å²) in [5.41, 5.74) is -0.571. The van der Waals surface area contributed by atoms with Crippen molar-refractivity contribution in [2.75, 3.05) is 26.4 Å². The minimum atomic E-state index is -0.571. The molecule has 0 aromatic rings. The van der Waals surface area contributed by atoms with Crippen LogP contribution in [0.5, 0.6) is 0 Å². The molecule has 0 amide bonds. The molecule has 0 N–H and O–H groups in total. The van der Waals surface area contributed by atoms with Gasteiger partial charge in [-0.15, -0.1) is 0 Å². The molecule has 0 unspecified atom stereocenters. The molecule has 0 aromatic heterocycles. The molecule has 0 aromatic carbocycles. The molecule has 1 fully saturated rings. The Hall–Kier alpha value is -1.10. The average Bonchev–Trinajstić information content (AvgIpc) is 2.75. The Morgan fingerprint density at radius 1 is 1.28 bits per heavy atom. The van der Waals surface area contributed by atoms with Crippen molar-refractivity contribution in [3.8, 4) is 0 Å². The van der Waals surface area contributed by atoms with Crippen LogP contribution in [-0.4, -0.2) is 43.3 Å². The van der Waals surface area contributed by atoms with E-state index in [1.54, 1.807) is 20.8 Å². The van der Waals surface area contributed by atoms with Gasteiger partial charge < -0.3 is 14.4 Å². The second kappa shape index (κ2) is 6.18. The zero-order valence-corrected chi connectivity index (χ0v) is 11.7. The van der Waals surface area contributed by atoms with Crippen LogP contribution >= 0.6 is 0 Å². The van der Waals surface area contributed by atoms with Gasteiger partial charge in [0.15, 0.2) is 0 Å². The van der Waals surface area contributed by atoms with E-state index in [1.807, 2.05) is 0 Å². The van der Waals surface area contributed by atoms with E-state index in [9.17, 15) is 9.59 Å². The number of carbonyl (C=O) groups is 2. The van der Waals surface area contributed by atoms with E-state index in [0.717, 1.165) is 26.1 Å². The number of hydrogen-bond acceptors (Lipinski definition) is 5. The van der Waals surface area contributed by atoms with Crippen LogP contribution in [0.4, 0.5) is 0 Å². The highest BCUT2D eigenvalue weighted by molar-refractivity contribution is 5.76. The lowest BCUT2D eigenvalue weighted by Gasteiger charge is -2.17. The zero-order chi connectivity index (χ0) is 13.8. The van der Waals surface area contributed by atoms with Gasteiger partial charge in [-0.05, 0) is 40.3 Å². The smallest absolute Gasteiger partial charge is 0.314 e. The van der Waals surface area contributed by atoms with Gasteiger partial charge in [0, 0.05) is 6.54 Å². The molecule has 1 atom stereocenters. The molecule has 5 nitrogen and oxygen atoms in total. The molecule has 104 valence electrons. The summed E-state index contributed by atoms with van der Waals surface area (Å²) < 4.78 is 9.87. The third-order valence-corrected chi connectivity index (χ3v) is 3.06. The predicted molar refractivity (Wildman–Crippen MR) is 66.7 cm³/mol. The Labute approximate surface area is 108 Å². The molecule has 1 aliphatic heterocycles. The topological polar surface area (TPSA) is 55.8 Å².